The summed E-state index contributed by atoms with van der Waals surface area (Å²) in [6.07, 6.45) is 7.41. The van der Waals surface area contributed by atoms with Gasteiger partial charge in [0.25, 0.3) is 5.69 Å². The molecule has 0 unspecified atom stereocenters. The van der Waals surface area contributed by atoms with Gasteiger partial charge in [-0.1, -0.05) is 0 Å². The first-order valence-electron chi connectivity index (χ1n) is 6.65. The standard InChI is InChI=1S/C13H18N6O2/c14-17-12-7-11(8-13(9-12)19(20)21)16-3-1-2-5-18-6-4-15-10-18/h4,6-10,16-17H,1-3,5,14H2. The molecule has 0 saturated heterocycles. The number of nitrogens with zero attached hydrogens (tertiary/aromatic N) is 3. The van der Waals surface area contributed by atoms with Crippen LogP contribution in [0.5, 0.6) is 0 Å². The van der Waals surface area contributed by atoms with Gasteiger partial charge in [-0.25, -0.2) is 4.98 Å². The number of hydrazine groups is 1. The van der Waals surface area contributed by atoms with Gasteiger partial charge in [0.1, 0.15) is 0 Å². The van der Waals surface area contributed by atoms with Gasteiger partial charge in [0.2, 0.25) is 0 Å². The molecule has 0 spiro atoms. The molecule has 2 aromatic rings. The average Bonchev–Trinajstić information content (AvgIpc) is 2.99. The molecule has 0 aliphatic carbocycles. The number of rotatable bonds is 8. The summed E-state index contributed by atoms with van der Waals surface area (Å²) in [5.74, 6) is 5.31. The lowest BCUT2D eigenvalue weighted by Gasteiger charge is -2.09. The van der Waals surface area contributed by atoms with Gasteiger partial charge in [0, 0.05) is 43.3 Å². The summed E-state index contributed by atoms with van der Waals surface area (Å²) in [7, 11) is 0. The molecule has 1 heterocycles. The second-order valence-corrected chi connectivity index (χ2v) is 4.60. The first-order valence-corrected chi connectivity index (χ1v) is 6.65. The van der Waals surface area contributed by atoms with Crippen LogP contribution in [0.3, 0.4) is 0 Å². The van der Waals surface area contributed by atoms with Crippen molar-refractivity contribution in [2.75, 3.05) is 17.3 Å². The Morgan fingerprint density at radius 2 is 2.10 bits per heavy atom. The van der Waals surface area contributed by atoms with Crippen molar-refractivity contribution in [2.24, 2.45) is 5.84 Å². The Balaban J connectivity index is 1.82. The number of nitrogen functional groups attached to an aromatic ring is 1. The molecule has 4 N–H and O–H groups in total. The quantitative estimate of drug-likeness (QED) is 0.296. The Labute approximate surface area is 122 Å². The first-order chi connectivity index (χ1) is 10.2. The molecule has 8 heteroatoms. The van der Waals surface area contributed by atoms with E-state index in [0.29, 0.717) is 11.4 Å². The lowest BCUT2D eigenvalue weighted by atomic mass is 10.2. The summed E-state index contributed by atoms with van der Waals surface area (Å²) in [6.45, 7) is 1.64. The van der Waals surface area contributed by atoms with Crippen LogP contribution in [0.4, 0.5) is 17.1 Å². The van der Waals surface area contributed by atoms with Crippen LogP contribution >= 0.6 is 0 Å². The van der Waals surface area contributed by atoms with Crippen LogP contribution in [0.15, 0.2) is 36.9 Å². The Morgan fingerprint density at radius 1 is 1.29 bits per heavy atom. The van der Waals surface area contributed by atoms with Crippen LogP contribution in [0.25, 0.3) is 0 Å². The zero-order chi connectivity index (χ0) is 15.1. The van der Waals surface area contributed by atoms with Gasteiger partial charge in [-0.05, 0) is 18.9 Å². The van der Waals surface area contributed by atoms with Crippen molar-refractivity contribution in [3.05, 3.63) is 47.0 Å². The highest BCUT2D eigenvalue weighted by Crippen LogP contribution is 2.23. The van der Waals surface area contributed by atoms with Gasteiger partial charge in [-0.3, -0.25) is 16.0 Å². The molecule has 0 fully saturated rings. The van der Waals surface area contributed by atoms with E-state index in [9.17, 15) is 10.1 Å². The van der Waals surface area contributed by atoms with Crippen molar-refractivity contribution >= 4 is 17.1 Å². The third-order valence-electron chi connectivity index (χ3n) is 3.03. The molecule has 0 atom stereocenters. The van der Waals surface area contributed by atoms with E-state index >= 15 is 0 Å². The molecule has 1 aromatic carbocycles. The maximum absolute atomic E-state index is 10.8. The molecular formula is C13H18N6O2. The van der Waals surface area contributed by atoms with E-state index < -0.39 is 4.92 Å². The van der Waals surface area contributed by atoms with Gasteiger partial charge in [0.05, 0.1) is 16.9 Å². The van der Waals surface area contributed by atoms with Gasteiger partial charge in [-0.2, -0.15) is 0 Å². The van der Waals surface area contributed by atoms with Crippen molar-refractivity contribution in [3.63, 3.8) is 0 Å². The van der Waals surface area contributed by atoms with Crippen molar-refractivity contribution in [2.45, 2.75) is 19.4 Å². The number of hydrogen-bond donors (Lipinski definition) is 3. The molecule has 1 aromatic heterocycles. The first kappa shape index (κ1) is 14.8. The third-order valence-corrected chi connectivity index (χ3v) is 3.03. The lowest BCUT2D eigenvalue weighted by molar-refractivity contribution is -0.384. The minimum absolute atomic E-state index is 0.00589. The van der Waals surface area contributed by atoms with Gasteiger partial charge >= 0.3 is 0 Å². The smallest absolute Gasteiger partial charge is 0.273 e. The highest BCUT2D eigenvalue weighted by molar-refractivity contribution is 5.63. The minimum Gasteiger partial charge on any atom is -0.385 e. The summed E-state index contributed by atoms with van der Waals surface area (Å²) >= 11 is 0. The Hall–Kier alpha value is -2.61. The van der Waals surface area contributed by atoms with E-state index in [1.807, 2.05) is 10.8 Å². The SMILES string of the molecule is NNc1cc(NCCCCn2ccnc2)cc([N+](=O)[O-])c1. The number of imidazole rings is 1. The molecule has 0 radical (unpaired) electrons. The number of anilines is 2. The van der Waals surface area contributed by atoms with E-state index in [4.69, 9.17) is 5.84 Å². The van der Waals surface area contributed by atoms with Crippen molar-refractivity contribution < 1.29 is 4.92 Å². The fourth-order valence-corrected chi connectivity index (χ4v) is 1.97. The second kappa shape index (κ2) is 7.25. The molecule has 0 amide bonds. The Morgan fingerprint density at radius 3 is 2.76 bits per heavy atom. The molecule has 0 saturated carbocycles. The predicted molar refractivity (Wildman–Crippen MR) is 80.9 cm³/mol. The summed E-state index contributed by atoms with van der Waals surface area (Å²) in [6, 6.07) is 4.63. The lowest BCUT2D eigenvalue weighted by Crippen LogP contribution is -2.09. The van der Waals surface area contributed by atoms with Crippen molar-refractivity contribution in [1.82, 2.24) is 9.55 Å². The van der Waals surface area contributed by atoms with Gasteiger partial charge < -0.3 is 15.3 Å². The number of nitrogens with two attached hydrogens (primary N) is 1. The van der Waals surface area contributed by atoms with Crippen molar-refractivity contribution in [3.8, 4) is 0 Å². The molecule has 112 valence electrons. The maximum atomic E-state index is 10.8. The molecule has 0 bridgehead atoms. The summed E-state index contributed by atoms with van der Waals surface area (Å²) in [4.78, 5) is 14.4. The second-order valence-electron chi connectivity index (χ2n) is 4.60. The molecule has 0 aliphatic rings. The Bertz CT molecular complexity index is 584. The van der Waals surface area contributed by atoms with E-state index in [1.165, 1.54) is 12.1 Å². The molecule has 8 nitrogen and oxygen atoms in total. The molecular weight excluding hydrogens is 272 g/mol. The number of nitrogens with one attached hydrogen (secondary N) is 2. The maximum Gasteiger partial charge on any atom is 0.273 e. The average molecular weight is 290 g/mol. The van der Waals surface area contributed by atoms with E-state index in [1.54, 1.807) is 18.6 Å². The van der Waals surface area contributed by atoms with Crippen LogP contribution in [-0.4, -0.2) is 21.0 Å². The highest BCUT2D eigenvalue weighted by Gasteiger charge is 2.09. The third kappa shape index (κ3) is 4.46. The van der Waals surface area contributed by atoms with Crippen LogP contribution in [0.2, 0.25) is 0 Å². The van der Waals surface area contributed by atoms with Gasteiger partial charge in [0.15, 0.2) is 0 Å². The van der Waals surface area contributed by atoms with Crippen LogP contribution in [-0.2, 0) is 6.54 Å². The van der Waals surface area contributed by atoms with Crippen LogP contribution < -0.4 is 16.6 Å². The number of aromatic nitrogens is 2. The van der Waals surface area contributed by atoms with Crippen LogP contribution in [0.1, 0.15) is 12.8 Å². The predicted octanol–water partition coefficient (Wildman–Crippen LogP) is 1.97. The zero-order valence-electron chi connectivity index (χ0n) is 11.5. The number of non-ortho nitro benzene ring substituents is 1. The fourth-order valence-electron chi connectivity index (χ4n) is 1.97. The summed E-state index contributed by atoms with van der Waals surface area (Å²) in [5.41, 5.74) is 3.62. The normalized spacial score (nSPS) is 10.3. The van der Waals surface area contributed by atoms with Crippen molar-refractivity contribution in [1.29, 1.82) is 0 Å². The highest BCUT2D eigenvalue weighted by atomic mass is 16.6. The number of hydrogen-bond acceptors (Lipinski definition) is 6. The number of aryl methyl sites for hydroxylation is 1. The van der Waals surface area contributed by atoms with Gasteiger partial charge in [-0.15, -0.1) is 0 Å². The molecule has 2 rings (SSSR count). The monoisotopic (exact) mass is 290 g/mol. The van der Waals surface area contributed by atoms with E-state index in [2.05, 4.69) is 15.7 Å². The zero-order valence-corrected chi connectivity index (χ0v) is 11.5. The molecule has 0 aliphatic heterocycles. The number of nitro benzene ring substituents is 1. The van der Waals surface area contributed by atoms with Crippen LogP contribution in [0, 0.1) is 10.1 Å². The Kier molecular flexibility index (Phi) is 5.10. The largest absolute Gasteiger partial charge is 0.385 e. The minimum atomic E-state index is -0.439. The topological polar surface area (TPSA) is 111 Å². The summed E-state index contributed by atoms with van der Waals surface area (Å²) < 4.78 is 2.02. The van der Waals surface area contributed by atoms with E-state index in [-0.39, 0.29) is 5.69 Å². The number of benzene rings is 1. The fraction of sp³-hybridized carbons (Fsp3) is 0.308. The summed E-state index contributed by atoms with van der Waals surface area (Å²) in [5, 5.41) is 14.0. The number of unbranched alkanes of at least 4 members (excludes halogenated alkanes) is 1. The number of nitro groups is 1. The van der Waals surface area contributed by atoms with E-state index in [0.717, 1.165) is 25.9 Å². The molecule has 21 heavy (non-hydrogen) atoms.